The van der Waals surface area contributed by atoms with Crippen molar-refractivity contribution in [2.24, 2.45) is 17.8 Å². The Labute approximate surface area is 118 Å². The first-order chi connectivity index (χ1) is 9.29. The molecule has 1 saturated carbocycles. The minimum Gasteiger partial charge on any atom is -0.445 e. The van der Waals surface area contributed by atoms with E-state index in [0.717, 1.165) is 36.4 Å². The van der Waals surface area contributed by atoms with Crippen LogP contribution in [-0.4, -0.2) is 36.1 Å². The second-order valence-corrected chi connectivity index (χ2v) is 6.30. The van der Waals surface area contributed by atoms with Gasteiger partial charge in [0, 0.05) is 13.1 Å². The van der Waals surface area contributed by atoms with E-state index in [1.54, 1.807) is 0 Å². The van der Waals surface area contributed by atoms with E-state index >= 15 is 0 Å². The van der Waals surface area contributed by atoms with Crippen LogP contribution < -0.4 is 0 Å². The van der Waals surface area contributed by atoms with Crippen molar-refractivity contribution in [3.63, 3.8) is 0 Å². The predicted molar refractivity (Wildman–Crippen MR) is 77.1 cm³/mol. The van der Waals surface area contributed by atoms with Gasteiger partial charge < -0.3 is 9.64 Å². The molecule has 1 aromatic rings. The van der Waals surface area contributed by atoms with E-state index in [-0.39, 0.29) is 6.09 Å². The smallest absolute Gasteiger partial charge is 0.410 e. The summed E-state index contributed by atoms with van der Waals surface area (Å²) in [6, 6.07) is 9.83. The Morgan fingerprint density at radius 1 is 1.32 bits per heavy atom. The van der Waals surface area contributed by atoms with Crippen molar-refractivity contribution >= 4 is 17.9 Å². The van der Waals surface area contributed by atoms with E-state index in [9.17, 15) is 4.79 Å². The summed E-state index contributed by atoms with van der Waals surface area (Å²) in [6.45, 7) is 2.16. The molecular formula is C15H19NO2S. The molecule has 0 spiro atoms. The number of hydrogen-bond donors (Lipinski definition) is 0. The van der Waals surface area contributed by atoms with Crippen molar-refractivity contribution in [1.82, 2.24) is 4.90 Å². The fourth-order valence-corrected chi connectivity index (χ4v) is 3.93. The van der Waals surface area contributed by atoms with Gasteiger partial charge >= 0.3 is 6.09 Å². The molecule has 0 aromatic heterocycles. The Morgan fingerprint density at radius 2 is 2.00 bits per heavy atom. The van der Waals surface area contributed by atoms with Crippen molar-refractivity contribution in [1.29, 1.82) is 0 Å². The average Bonchev–Trinajstić information content (AvgIpc) is 2.89. The van der Waals surface area contributed by atoms with Crippen molar-refractivity contribution in [3.05, 3.63) is 35.9 Å². The van der Waals surface area contributed by atoms with Crippen LogP contribution in [-0.2, 0) is 11.3 Å². The number of ether oxygens (including phenoxy) is 1. The van der Waals surface area contributed by atoms with Gasteiger partial charge in [-0.1, -0.05) is 30.3 Å². The summed E-state index contributed by atoms with van der Waals surface area (Å²) in [7, 11) is 0. The molecule has 3 nitrogen and oxygen atoms in total. The Hall–Kier alpha value is -1.16. The molecule has 2 aliphatic rings. The summed E-state index contributed by atoms with van der Waals surface area (Å²) >= 11 is 1.91. The highest BCUT2D eigenvalue weighted by Crippen LogP contribution is 2.52. The lowest BCUT2D eigenvalue weighted by Gasteiger charge is -2.19. The number of amides is 1. The molecule has 0 N–H and O–H groups in total. The first-order valence-corrected chi connectivity index (χ1v) is 8.13. The number of carbonyl (C=O) groups is 1. The van der Waals surface area contributed by atoms with Crippen molar-refractivity contribution in [2.75, 3.05) is 25.1 Å². The van der Waals surface area contributed by atoms with E-state index in [2.05, 4.69) is 6.26 Å². The van der Waals surface area contributed by atoms with Crippen LogP contribution >= 0.6 is 11.8 Å². The van der Waals surface area contributed by atoms with Crippen LogP contribution in [0.15, 0.2) is 30.3 Å². The molecule has 1 aromatic carbocycles. The standard InChI is InChI=1S/C15H19NO2S/c1-19-10-14-12-7-16(8-13(12)14)15(17)18-9-11-5-3-2-4-6-11/h2-6,12-14H,7-10H2,1H3/t12-,13+,14+. The number of carbonyl (C=O) groups excluding carboxylic acids is 1. The molecule has 1 heterocycles. The number of hydrogen-bond acceptors (Lipinski definition) is 3. The van der Waals surface area contributed by atoms with Gasteiger partial charge in [-0.25, -0.2) is 4.79 Å². The minimum atomic E-state index is -0.154. The predicted octanol–water partition coefficient (Wildman–Crippen LogP) is 2.86. The van der Waals surface area contributed by atoms with Crippen molar-refractivity contribution in [3.8, 4) is 0 Å². The molecule has 1 saturated heterocycles. The van der Waals surface area contributed by atoms with Gasteiger partial charge in [0.1, 0.15) is 6.61 Å². The van der Waals surface area contributed by atoms with Gasteiger partial charge in [-0.15, -0.1) is 0 Å². The monoisotopic (exact) mass is 277 g/mol. The van der Waals surface area contributed by atoms with Crippen LogP contribution in [0.25, 0.3) is 0 Å². The zero-order chi connectivity index (χ0) is 13.2. The van der Waals surface area contributed by atoms with Crippen LogP contribution in [0.4, 0.5) is 4.79 Å². The van der Waals surface area contributed by atoms with Gasteiger partial charge in [-0.05, 0) is 35.3 Å². The fraction of sp³-hybridized carbons (Fsp3) is 0.533. The van der Waals surface area contributed by atoms with Crippen LogP contribution in [0.5, 0.6) is 0 Å². The van der Waals surface area contributed by atoms with E-state index in [0.29, 0.717) is 6.61 Å². The molecule has 0 radical (unpaired) electrons. The van der Waals surface area contributed by atoms with E-state index in [1.807, 2.05) is 47.0 Å². The number of likely N-dealkylation sites (tertiary alicyclic amines) is 1. The van der Waals surface area contributed by atoms with Crippen LogP contribution in [0.3, 0.4) is 0 Å². The lowest BCUT2D eigenvalue weighted by Crippen LogP contribution is -2.32. The lowest BCUT2D eigenvalue weighted by molar-refractivity contribution is 0.0991. The average molecular weight is 277 g/mol. The normalized spacial score (nSPS) is 28.1. The highest BCUT2D eigenvalue weighted by Gasteiger charge is 2.56. The largest absolute Gasteiger partial charge is 0.445 e. The number of piperidine rings is 1. The summed E-state index contributed by atoms with van der Waals surface area (Å²) in [6.07, 6.45) is 2.00. The Kier molecular flexibility index (Phi) is 3.69. The third kappa shape index (κ3) is 2.73. The quantitative estimate of drug-likeness (QED) is 0.847. The number of fused-ring (bicyclic) bond motifs is 1. The van der Waals surface area contributed by atoms with Gasteiger partial charge in [-0.3, -0.25) is 0 Å². The van der Waals surface area contributed by atoms with Gasteiger partial charge in [-0.2, -0.15) is 11.8 Å². The van der Waals surface area contributed by atoms with Gasteiger partial charge in [0.15, 0.2) is 0 Å². The highest BCUT2D eigenvalue weighted by molar-refractivity contribution is 7.98. The molecule has 0 unspecified atom stereocenters. The first kappa shape index (κ1) is 12.9. The fourth-order valence-electron chi connectivity index (χ4n) is 3.05. The second-order valence-electron chi connectivity index (χ2n) is 5.39. The summed E-state index contributed by atoms with van der Waals surface area (Å²) < 4.78 is 5.36. The molecule has 102 valence electrons. The molecular weight excluding hydrogens is 258 g/mol. The molecule has 2 fully saturated rings. The zero-order valence-corrected chi connectivity index (χ0v) is 11.9. The Morgan fingerprint density at radius 3 is 2.63 bits per heavy atom. The van der Waals surface area contributed by atoms with Crippen LogP contribution in [0.2, 0.25) is 0 Å². The molecule has 1 aliphatic heterocycles. The summed E-state index contributed by atoms with van der Waals surface area (Å²) in [5.74, 6) is 3.55. The van der Waals surface area contributed by atoms with Crippen LogP contribution in [0.1, 0.15) is 5.56 Å². The molecule has 3 rings (SSSR count). The Bertz CT molecular complexity index is 439. The van der Waals surface area contributed by atoms with E-state index in [1.165, 1.54) is 5.75 Å². The molecule has 1 amide bonds. The number of benzene rings is 1. The van der Waals surface area contributed by atoms with Crippen LogP contribution in [0, 0.1) is 17.8 Å². The molecule has 1 aliphatic carbocycles. The first-order valence-electron chi connectivity index (χ1n) is 6.74. The summed E-state index contributed by atoms with van der Waals surface area (Å²) in [5.41, 5.74) is 1.04. The third-order valence-electron chi connectivity index (χ3n) is 4.19. The maximum atomic E-state index is 11.9. The van der Waals surface area contributed by atoms with Gasteiger partial charge in [0.2, 0.25) is 0 Å². The second kappa shape index (κ2) is 5.45. The maximum absolute atomic E-state index is 11.9. The van der Waals surface area contributed by atoms with E-state index < -0.39 is 0 Å². The maximum Gasteiger partial charge on any atom is 0.410 e. The zero-order valence-electron chi connectivity index (χ0n) is 11.1. The lowest BCUT2D eigenvalue weighted by atomic mass is 10.2. The van der Waals surface area contributed by atoms with E-state index in [4.69, 9.17) is 4.74 Å². The third-order valence-corrected chi connectivity index (χ3v) is 4.91. The molecule has 4 heteroatoms. The summed E-state index contributed by atoms with van der Waals surface area (Å²) in [4.78, 5) is 13.8. The number of thioether (sulfide) groups is 1. The number of nitrogens with zero attached hydrogens (tertiary/aromatic N) is 1. The number of rotatable bonds is 4. The SMILES string of the molecule is CSC[C@@H]1[C@H]2CN(C(=O)OCc3ccccc3)C[C@@H]12. The molecule has 0 bridgehead atoms. The van der Waals surface area contributed by atoms with Crippen molar-refractivity contribution < 1.29 is 9.53 Å². The van der Waals surface area contributed by atoms with Gasteiger partial charge in [0.25, 0.3) is 0 Å². The summed E-state index contributed by atoms with van der Waals surface area (Å²) in [5, 5.41) is 0. The minimum absolute atomic E-state index is 0.154. The Balaban J connectivity index is 1.44. The van der Waals surface area contributed by atoms with Crippen molar-refractivity contribution in [2.45, 2.75) is 6.61 Å². The topological polar surface area (TPSA) is 29.5 Å². The van der Waals surface area contributed by atoms with Gasteiger partial charge in [0.05, 0.1) is 0 Å². The molecule has 19 heavy (non-hydrogen) atoms. The molecule has 3 atom stereocenters. The highest BCUT2D eigenvalue weighted by atomic mass is 32.2.